The average molecular weight is 779 g/mol. The topological polar surface area (TPSA) is 43.6 Å². The first-order chi connectivity index (χ1) is 30.3. The fourth-order valence-electron chi connectivity index (χ4n) is 8.67. The van der Waals surface area contributed by atoms with Crippen molar-refractivity contribution in [3.63, 3.8) is 0 Å². The number of hydrogen-bond acceptors (Lipinski definition) is 3. The highest BCUT2D eigenvalue weighted by Gasteiger charge is 2.26. The van der Waals surface area contributed by atoms with Gasteiger partial charge in [0, 0.05) is 49.7 Å². The first-order valence-electron chi connectivity index (χ1n) is 20.6. The molecule has 0 unspecified atom stereocenters. The van der Waals surface area contributed by atoms with Crippen LogP contribution in [0.25, 0.3) is 106 Å². The summed E-state index contributed by atoms with van der Waals surface area (Å²) in [7, 11) is 0. The number of rotatable bonds is 8. The number of hydrogen-bond donors (Lipinski definition) is 0. The lowest BCUT2D eigenvalue weighted by Gasteiger charge is -2.23. The predicted octanol–water partition coefficient (Wildman–Crippen LogP) is 14.6. The van der Waals surface area contributed by atoms with Crippen LogP contribution in [0.2, 0.25) is 0 Å². The lowest BCUT2D eigenvalue weighted by Crippen LogP contribution is -2.04. The van der Waals surface area contributed by atoms with Crippen LogP contribution in [0.4, 0.5) is 0 Å². The number of aromatic nitrogens is 4. The Labute approximate surface area is 354 Å². The number of fused-ring (bicyclic) bond motifs is 3. The van der Waals surface area contributed by atoms with E-state index in [0.29, 0.717) is 5.95 Å². The van der Waals surface area contributed by atoms with Gasteiger partial charge in [0.05, 0.1) is 33.8 Å². The minimum Gasteiger partial charge on any atom is -0.278 e. The number of pyridine rings is 1. The Morgan fingerprint density at radius 2 is 0.639 bits per heavy atom. The van der Waals surface area contributed by atoms with Crippen molar-refractivity contribution in [2.75, 3.05) is 0 Å². The summed E-state index contributed by atoms with van der Waals surface area (Å²) in [5.41, 5.74) is 16.2. The quantitative estimate of drug-likeness (QED) is 0.154. The third kappa shape index (κ3) is 6.57. The maximum atomic E-state index is 5.64. The van der Waals surface area contributed by atoms with Gasteiger partial charge >= 0.3 is 0 Å². The molecule has 0 saturated heterocycles. The molecule has 0 atom stereocenters. The second-order valence-electron chi connectivity index (χ2n) is 15.2. The first-order valence-corrected chi connectivity index (χ1v) is 20.6. The zero-order valence-corrected chi connectivity index (χ0v) is 33.2. The van der Waals surface area contributed by atoms with E-state index in [1.165, 1.54) is 10.8 Å². The molecule has 0 spiro atoms. The lowest BCUT2D eigenvalue weighted by molar-refractivity contribution is 0.995. The molecule has 8 aromatic carbocycles. The van der Waals surface area contributed by atoms with E-state index in [4.69, 9.17) is 15.0 Å². The van der Waals surface area contributed by atoms with E-state index < -0.39 is 0 Å². The summed E-state index contributed by atoms with van der Waals surface area (Å²) in [4.78, 5) is 16.4. The predicted molar refractivity (Wildman–Crippen MR) is 252 cm³/mol. The van der Waals surface area contributed by atoms with Crippen molar-refractivity contribution in [1.29, 1.82) is 0 Å². The molecule has 286 valence electrons. The largest absolute Gasteiger partial charge is 0.278 e. The van der Waals surface area contributed by atoms with Gasteiger partial charge in [-0.15, -0.1) is 0 Å². The molecule has 0 radical (unpaired) electrons. The minimum atomic E-state index is 0.621. The third-order valence-corrected chi connectivity index (χ3v) is 11.4. The Bertz CT molecular complexity index is 3170. The van der Waals surface area contributed by atoms with Gasteiger partial charge < -0.3 is 0 Å². The van der Waals surface area contributed by atoms with E-state index in [1.54, 1.807) is 0 Å². The van der Waals surface area contributed by atoms with Gasteiger partial charge in [0.2, 0.25) is 5.95 Å². The normalized spacial score (nSPS) is 11.3. The Balaban J connectivity index is 1.22. The van der Waals surface area contributed by atoms with Gasteiger partial charge in [-0.25, -0.2) is 15.0 Å². The molecule has 0 amide bonds. The molecule has 61 heavy (non-hydrogen) atoms. The van der Waals surface area contributed by atoms with Crippen LogP contribution >= 0.6 is 0 Å². The van der Waals surface area contributed by atoms with E-state index >= 15 is 0 Å². The summed E-state index contributed by atoms with van der Waals surface area (Å²) in [6.07, 6.45) is 0. The van der Waals surface area contributed by atoms with Crippen LogP contribution in [0.5, 0.6) is 0 Å². The molecule has 3 aromatic heterocycles. The molecule has 11 rings (SSSR count). The molecular weight excluding hydrogens is 741 g/mol. The van der Waals surface area contributed by atoms with E-state index in [9.17, 15) is 0 Å². The van der Waals surface area contributed by atoms with Crippen molar-refractivity contribution in [1.82, 2.24) is 19.5 Å². The minimum absolute atomic E-state index is 0.621. The van der Waals surface area contributed by atoms with Gasteiger partial charge in [0.15, 0.2) is 0 Å². The molecule has 0 fully saturated rings. The summed E-state index contributed by atoms with van der Waals surface area (Å²) >= 11 is 0. The number of benzene rings is 8. The van der Waals surface area contributed by atoms with Gasteiger partial charge in [0.1, 0.15) is 0 Å². The summed E-state index contributed by atoms with van der Waals surface area (Å²) in [5.74, 6) is 0.621. The van der Waals surface area contributed by atoms with Crippen molar-refractivity contribution in [2.24, 2.45) is 0 Å². The van der Waals surface area contributed by atoms with Gasteiger partial charge in [-0.1, -0.05) is 206 Å². The van der Waals surface area contributed by atoms with Crippen LogP contribution in [0.1, 0.15) is 0 Å². The Kier molecular flexibility index (Phi) is 9.14. The van der Waals surface area contributed by atoms with Crippen molar-refractivity contribution < 1.29 is 0 Å². The van der Waals surface area contributed by atoms with Crippen LogP contribution < -0.4 is 0 Å². The molecule has 0 aliphatic heterocycles. The van der Waals surface area contributed by atoms with E-state index in [0.717, 1.165) is 89.4 Å². The summed E-state index contributed by atoms with van der Waals surface area (Å²) in [6, 6.07) is 80.9. The molecule has 0 bridgehead atoms. The van der Waals surface area contributed by atoms with Gasteiger partial charge in [0.25, 0.3) is 0 Å². The van der Waals surface area contributed by atoms with Crippen molar-refractivity contribution in [3.05, 3.63) is 231 Å². The lowest BCUT2D eigenvalue weighted by atomic mass is 9.83. The van der Waals surface area contributed by atoms with Crippen LogP contribution in [0, 0.1) is 0 Å². The van der Waals surface area contributed by atoms with Crippen LogP contribution in [0.3, 0.4) is 0 Å². The molecule has 4 heteroatoms. The highest BCUT2D eigenvalue weighted by atomic mass is 15.2. The van der Waals surface area contributed by atoms with E-state index in [-0.39, 0.29) is 0 Å². The molecule has 0 aliphatic rings. The van der Waals surface area contributed by atoms with Crippen LogP contribution in [-0.2, 0) is 0 Å². The molecule has 11 aromatic rings. The van der Waals surface area contributed by atoms with Crippen molar-refractivity contribution in [3.8, 4) is 84.4 Å². The second kappa shape index (κ2) is 15.5. The van der Waals surface area contributed by atoms with Gasteiger partial charge in [-0.2, -0.15) is 0 Å². The Hall–Kier alpha value is -8.21. The molecule has 0 aliphatic carbocycles. The monoisotopic (exact) mass is 778 g/mol. The second-order valence-corrected chi connectivity index (χ2v) is 15.2. The molecule has 0 N–H and O–H groups in total. The molecular formula is C57H38N4. The Morgan fingerprint density at radius 3 is 1.13 bits per heavy atom. The number of para-hydroxylation sites is 2. The first kappa shape index (κ1) is 35.9. The molecule has 0 saturated carbocycles. The summed E-state index contributed by atoms with van der Waals surface area (Å²) in [5, 5.41) is 2.33. The Morgan fingerprint density at radius 1 is 0.262 bits per heavy atom. The summed E-state index contributed by atoms with van der Waals surface area (Å²) in [6.45, 7) is 0. The maximum absolute atomic E-state index is 5.64. The smallest absolute Gasteiger partial charge is 0.235 e. The number of nitrogens with zero attached hydrogens (tertiary/aromatic N) is 4. The van der Waals surface area contributed by atoms with E-state index in [1.807, 2.05) is 6.07 Å². The average Bonchev–Trinajstić information content (AvgIpc) is 3.69. The third-order valence-electron chi connectivity index (χ3n) is 11.4. The van der Waals surface area contributed by atoms with Gasteiger partial charge in [-0.05, 0) is 41.0 Å². The fraction of sp³-hybridized carbons (Fsp3) is 0. The highest BCUT2D eigenvalue weighted by molar-refractivity contribution is 6.09. The van der Waals surface area contributed by atoms with Crippen LogP contribution in [-0.4, -0.2) is 19.5 Å². The van der Waals surface area contributed by atoms with E-state index in [2.05, 4.69) is 229 Å². The van der Waals surface area contributed by atoms with Crippen molar-refractivity contribution in [2.45, 2.75) is 0 Å². The highest BCUT2D eigenvalue weighted by Crippen LogP contribution is 2.49. The SMILES string of the molecule is c1ccc(-c2cc(-c3cccc(-c4c(-c5ccccc5)c(-c5ccccc5)nc(-c5ccccc5)c4-c4ccccc4)c3)nc(-n3c4ccccc4c4ccccc43)n2)cc1. The fourth-order valence-corrected chi connectivity index (χ4v) is 8.67. The zero-order chi connectivity index (χ0) is 40.5. The van der Waals surface area contributed by atoms with Gasteiger partial charge in [-0.3, -0.25) is 4.57 Å². The maximum Gasteiger partial charge on any atom is 0.235 e. The zero-order valence-electron chi connectivity index (χ0n) is 33.2. The summed E-state index contributed by atoms with van der Waals surface area (Å²) < 4.78 is 2.20. The van der Waals surface area contributed by atoms with Crippen LogP contribution in [0.15, 0.2) is 231 Å². The van der Waals surface area contributed by atoms with Crippen molar-refractivity contribution >= 4 is 21.8 Å². The molecule has 4 nitrogen and oxygen atoms in total. The standard InChI is InChI=1S/C57H38N4/c1-6-21-39(22-7-1)48-38-49(59-57(58-48)61-50-35-18-16-33-46(50)47-34-17-19-36-51(47)61)44-31-20-32-45(37-44)52-53(40-23-8-2-9-24-40)55(42-27-12-4-13-28-42)60-56(43-29-14-5-15-30-43)54(52)41-25-10-3-11-26-41/h1-38H. The molecule has 3 heterocycles.